The van der Waals surface area contributed by atoms with Gasteiger partial charge in [-0.3, -0.25) is 14.5 Å². The Bertz CT molecular complexity index is 1410. The highest BCUT2D eigenvalue weighted by atomic mass is 16.5. The maximum atomic E-state index is 13.3. The van der Waals surface area contributed by atoms with Crippen molar-refractivity contribution in [3.05, 3.63) is 94.6 Å². The molecule has 0 aliphatic carbocycles. The van der Waals surface area contributed by atoms with E-state index in [1.165, 1.54) is 29.2 Å². The van der Waals surface area contributed by atoms with E-state index in [1.807, 2.05) is 6.92 Å². The van der Waals surface area contributed by atoms with E-state index < -0.39 is 23.7 Å². The highest BCUT2D eigenvalue weighted by molar-refractivity contribution is 6.51. The van der Waals surface area contributed by atoms with Gasteiger partial charge in [0.1, 0.15) is 17.3 Å². The van der Waals surface area contributed by atoms with Crippen molar-refractivity contribution in [3.8, 4) is 11.5 Å². The van der Waals surface area contributed by atoms with Gasteiger partial charge in [-0.1, -0.05) is 19.1 Å². The van der Waals surface area contributed by atoms with Gasteiger partial charge in [-0.25, -0.2) is 4.79 Å². The Balaban J connectivity index is 1.60. The van der Waals surface area contributed by atoms with Crippen molar-refractivity contribution in [2.75, 3.05) is 18.1 Å². The molecule has 0 bridgehead atoms. The highest BCUT2D eigenvalue weighted by Crippen LogP contribution is 2.43. The number of ether oxygens (including phenoxy) is 2. The first-order chi connectivity index (χ1) is 17.9. The van der Waals surface area contributed by atoms with Crippen LogP contribution >= 0.6 is 0 Å². The first-order valence-corrected chi connectivity index (χ1v) is 12.0. The summed E-state index contributed by atoms with van der Waals surface area (Å²) in [6.07, 6.45) is 1.37. The van der Waals surface area contributed by atoms with Crippen molar-refractivity contribution in [1.82, 2.24) is 0 Å². The van der Waals surface area contributed by atoms with Crippen LogP contribution in [0.15, 0.2) is 72.3 Å². The van der Waals surface area contributed by atoms with Crippen molar-refractivity contribution in [2.24, 2.45) is 0 Å². The Morgan fingerprint density at radius 2 is 1.73 bits per heavy atom. The molecule has 2 heterocycles. The van der Waals surface area contributed by atoms with Crippen molar-refractivity contribution in [1.29, 1.82) is 0 Å². The molecule has 1 saturated heterocycles. The zero-order chi connectivity index (χ0) is 26.1. The second kappa shape index (κ2) is 9.81. The van der Waals surface area contributed by atoms with Crippen LogP contribution in [-0.4, -0.2) is 41.1 Å². The smallest absolute Gasteiger partial charge is 0.338 e. The van der Waals surface area contributed by atoms with Crippen LogP contribution in [0.3, 0.4) is 0 Å². The van der Waals surface area contributed by atoms with Crippen LogP contribution in [0, 0.1) is 0 Å². The first kappa shape index (κ1) is 24.1. The third kappa shape index (κ3) is 4.42. The van der Waals surface area contributed by atoms with Crippen LogP contribution in [0.2, 0.25) is 0 Å². The summed E-state index contributed by atoms with van der Waals surface area (Å²) in [4.78, 5) is 40.2. The molecule has 1 unspecified atom stereocenters. The number of aliphatic hydroxyl groups is 1. The molecule has 0 aromatic heterocycles. The lowest BCUT2D eigenvalue weighted by atomic mass is 9.94. The standard InChI is InChI=1S/C29H25NO7/c1-2-14-37-29(35)18-3-8-21(9-4-18)30-25(17-5-10-22(31)11-6-17)24(27(33)28(30)34)26(32)20-7-12-23-19(16-20)13-15-36-23/h3-12,16,25,31-32H,2,13-15H2,1H3/b26-24-. The maximum absolute atomic E-state index is 13.3. The van der Waals surface area contributed by atoms with E-state index in [4.69, 9.17) is 9.47 Å². The summed E-state index contributed by atoms with van der Waals surface area (Å²) in [5.74, 6) is -1.68. The molecule has 37 heavy (non-hydrogen) atoms. The molecule has 2 N–H and O–H groups in total. The molecule has 2 aliphatic rings. The minimum absolute atomic E-state index is 0.0225. The number of aromatic hydroxyl groups is 1. The molecule has 1 atom stereocenters. The molecular formula is C29H25NO7. The summed E-state index contributed by atoms with van der Waals surface area (Å²) in [6.45, 7) is 2.73. The lowest BCUT2D eigenvalue weighted by molar-refractivity contribution is -0.132. The number of Topliss-reactive ketones (excluding diaryl/α,β-unsaturated/α-hetero) is 1. The van der Waals surface area contributed by atoms with E-state index in [9.17, 15) is 24.6 Å². The van der Waals surface area contributed by atoms with Crippen molar-refractivity contribution >= 4 is 29.1 Å². The number of carbonyl (C=O) groups excluding carboxylic acids is 3. The highest BCUT2D eigenvalue weighted by Gasteiger charge is 2.47. The van der Waals surface area contributed by atoms with E-state index in [0.29, 0.717) is 48.4 Å². The van der Waals surface area contributed by atoms with Gasteiger partial charge in [0.15, 0.2) is 0 Å². The lowest BCUT2D eigenvalue weighted by Crippen LogP contribution is -2.29. The Morgan fingerprint density at radius 1 is 1.03 bits per heavy atom. The number of fused-ring (bicyclic) bond motifs is 1. The van der Waals surface area contributed by atoms with E-state index in [2.05, 4.69) is 0 Å². The largest absolute Gasteiger partial charge is 0.508 e. The fourth-order valence-corrected chi connectivity index (χ4v) is 4.60. The summed E-state index contributed by atoms with van der Waals surface area (Å²) >= 11 is 0. The number of aliphatic hydroxyl groups excluding tert-OH is 1. The van der Waals surface area contributed by atoms with Gasteiger partial charge >= 0.3 is 5.97 Å². The van der Waals surface area contributed by atoms with E-state index in [1.54, 1.807) is 42.5 Å². The summed E-state index contributed by atoms with van der Waals surface area (Å²) in [6, 6.07) is 16.5. The normalized spacial score (nSPS) is 18.0. The Labute approximate surface area is 213 Å². The molecule has 0 spiro atoms. The predicted molar refractivity (Wildman–Crippen MR) is 136 cm³/mol. The summed E-state index contributed by atoms with van der Waals surface area (Å²) < 4.78 is 10.7. The van der Waals surface area contributed by atoms with E-state index in [-0.39, 0.29) is 17.1 Å². The molecule has 188 valence electrons. The van der Waals surface area contributed by atoms with Crippen molar-refractivity contribution in [3.63, 3.8) is 0 Å². The SMILES string of the molecule is CCCOC(=O)c1ccc(N2C(=O)C(=O)/C(=C(\O)c3ccc4c(c3)CCO4)C2c2ccc(O)cc2)cc1. The van der Waals surface area contributed by atoms with Crippen LogP contribution in [0.5, 0.6) is 11.5 Å². The van der Waals surface area contributed by atoms with E-state index in [0.717, 1.165) is 11.3 Å². The quantitative estimate of drug-likeness (QED) is 0.222. The molecule has 1 amide bonds. The number of ketones is 1. The molecular weight excluding hydrogens is 474 g/mol. The number of phenols is 1. The Kier molecular flexibility index (Phi) is 6.40. The zero-order valence-electron chi connectivity index (χ0n) is 20.1. The first-order valence-electron chi connectivity index (χ1n) is 12.0. The number of hydrogen-bond acceptors (Lipinski definition) is 7. The average molecular weight is 500 g/mol. The number of hydrogen-bond donors (Lipinski definition) is 2. The number of rotatable bonds is 6. The molecule has 3 aromatic rings. The summed E-state index contributed by atoms with van der Waals surface area (Å²) in [7, 11) is 0. The Hall–Kier alpha value is -4.59. The second-order valence-electron chi connectivity index (χ2n) is 8.86. The molecule has 0 radical (unpaired) electrons. The van der Waals surface area contributed by atoms with Crippen LogP contribution in [-0.2, 0) is 20.7 Å². The molecule has 5 rings (SSSR count). The van der Waals surface area contributed by atoms with Gasteiger partial charge in [0, 0.05) is 17.7 Å². The topological polar surface area (TPSA) is 113 Å². The van der Waals surface area contributed by atoms with Crippen LogP contribution in [0.1, 0.15) is 46.4 Å². The minimum Gasteiger partial charge on any atom is -0.508 e. The molecule has 0 saturated carbocycles. The van der Waals surface area contributed by atoms with Gasteiger partial charge in [0.2, 0.25) is 0 Å². The fraction of sp³-hybridized carbons (Fsp3) is 0.207. The molecule has 3 aromatic carbocycles. The number of nitrogens with zero attached hydrogens (tertiary/aromatic N) is 1. The van der Waals surface area contributed by atoms with Gasteiger partial charge < -0.3 is 19.7 Å². The number of amides is 1. The predicted octanol–water partition coefficient (Wildman–Crippen LogP) is 4.52. The van der Waals surface area contributed by atoms with Crippen LogP contribution in [0.4, 0.5) is 5.69 Å². The van der Waals surface area contributed by atoms with Gasteiger partial charge in [-0.2, -0.15) is 0 Å². The van der Waals surface area contributed by atoms with Crippen molar-refractivity contribution < 1.29 is 34.1 Å². The molecule has 8 heteroatoms. The third-order valence-corrected chi connectivity index (χ3v) is 6.43. The van der Waals surface area contributed by atoms with Gasteiger partial charge in [0.25, 0.3) is 11.7 Å². The average Bonchev–Trinajstić information content (AvgIpc) is 3.49. The van der Waals surface area contributed by atoms with Crippen LogP contribution < -0.4 is 9.64 Å². The maximum Gasteiger partial charge on any atom is 0.338 e. The zero-order valence-corrected chi connectivity index (χ0v) is 20.1. The number of phenolic OH excluding ortho intramolecular Hbond substituents is 1. The minimum atomic E-state index is -0.956. The second-order valence-corrected chi connectivity index (χ2v) is 8.86. The number of anilines is 1. The molecule has 1 fully saturated rings. The van der Waals surface area contributed by atoms with Gasteiger partial charge in [0.05, 0.1) is 30.4 Å². The summed E-state index contributed by atoms with van der Waals surface area (Å²) in [5, 5.41) is 21.1. The van der Waals surface area contributed by atoms with E-state index >= 15 is 0 Å². The molecule has 2 aliphatic heterocycles. The van der Waals surface area contributed by atoms with Crippen LogP contribution in [0.25, 0.3) is 5.76 Å². The van der Waals surface area contributed by atoms with Gasteiger partial charge in [-0.05, 0) is 72.1 Å². The van der Waals surface area contributed by atoms with Gasteiger partial charge in [-0.15, -0.1) is 0 Å². The number of esters is 1. The summed E-state index contributed by atoms with van der Waals surface area (Å²) in [5.41, 5.74) is 2.45. The number of benzene rings is 3. The third-order valence-electron chi connectivity index (χ3n) is 6.43. The van der Waals surface area contributed by atoms with Crippen molar-refractivity contribution in [2.45, 2.75) is 25.8 Å². The Morgan fingerprint density at radius 3 is 2.43 bits per heavy atom. The number of carbonyl (C=O) groups is 3. The molecule has 8 nitrogen and oxygen atoms in total. The fourth-order valence-electron chi connectivity index (χ4n) is 4.60. The lowest BCUT2D eigenvalue weighted by Gasteiger charge is -2.25. The monoisotopic (exact) mass is 499 g/mol.